The molecule has 0 aliphatic carbocycles. The van der Waals surface area contributed by atoms with E-state index < -0.39 is 0 Å². The summed E-state index contributed by atoms with van der Waals surface area (Å²) >= 11 is 0. The van der Waals surface area contributed by atoms with Gasteiger partial charge in [-0.25, -0.2) is 4.68 Å². The summed E-state index contributed by atoms with van der Waals surface area (Å²) in [6.07, 6.45) is 1.02. The highest BCUT2D eigenvalue weighted by Gasteiger charge is 2.12. The lowest BCUT2D eigenvalue weighted by molar-refractivity contribution is 0.340. The van der Waals surface area contributed by atoms with E-state index in [4.69, 9.17) is 4.74 Å². The Morgan fingerprint density at radius 2 is 1.86 bits per heavy atom. The number of rotatable bonds is 7. The SMILES string of the molecule is CCNCCc1c(C)nn(-c2ccc(OCC)cc2)c1C. The molecule has 4 heteroatoms. The zero-order valence-corrected chi connectivity index (χ0v) is 13.4. The van der Waals surface area contributed by atoms with E-state index in [1.54, 1.807) is 0 Å². The molecular formula is C17H25N3O. The first-order chi connectivity index (χ1) is 10.2. The molecule has 21 heavy (non-hydrogen) atoms. The van der Waals surface area contributed by atoms with Crippen molar-refractivity contribution in [1.29, 1.82) is 0 Å². The number of nitrogens with one attached hydrogen (secondary N) is 1. The molecule has 114 valence electrons. The van der Waals surface area contributed by atoms with E-state index in [0.29, 0.717) is 6.61 Å². The van der Waals surface area contributed by atoms with Crippen LogP contribution in [0.4, 0.5) is 0 Å². The molecule has 4 nitrogen and oxygen atoms in total. The molecule has 0 radical (unpaired) electrons. The smallest absolute Gasteiger partial charge is 0.119 e. The highest BCUT2D eigenvalue weighted by atomic mass is 16.5. The largest absolute Gasteiger partial charge is 0.494 e. The van der Waals surface area contributed by atoms with Gasteiger partial charge in [-0.2, -0.15) is 5.10 Å². The summed E-state index contributed by atoms with van der Waals surface area (Å²) in [5.41, 5.74) is 4.74. The van der Waals surface area contributed by atoms with E-state index in [1.807, 2.05) is 23.7 Å². The van der Waals surface area contributed by atoms with Crippen molar-refractivity contribution in [2.75, 3.05) is 19.7 Å². The molecule has 1 aromatic carbocycles. The van der Waals surface area contributed by atoms with Gasteiger partial charge in [0.2, 0.25) is 0 Å². The molecule has 0 aliphatic heterocycles. The Balaban J connectivity index is 2.21. The topological polar surface area (TPSA) is 39.1 Å². The molecule has 0 spiro atoms. The van der Waals surface area contributed by atoms with Gasteiger partial charge in [0, 0.05) is 5.69 Å². The van der Waals surface area contributed by atoms with Gasteiger partial charge < -0.3 is 10.1 Å². The average molecular weight is 287 g/mol. The number of nitrogens with zero attached hydrogens (tertiary/aromatic N) is 2. The van der Waals surface area contributed by atoms with Crippen molar-refractivity contribution in [3.8, 4) is 11.4 Å². The van der Waals surface area contributed by atoms with E-state index >= 15 is 0 Å². The van der Waals surface area contributed by atoms with Gasteiger partial charge in [0.15, 0.2) is 0 Å². The highest BCUT2D eigenvalue weighted by molar-refractivity contribution is 5.40. The van der Waals surface area contributed by atoms with E-state index in [1.165, 1.54) is 11.3 Å². The second kappa shape index (κ2) is 7.27. The van der Waals surface area contributed by atoms with E-state index in [2.05, 4.69) is 43.3 Å². The van der Waals surface area contributed by atoms with Crippen molar-refractivity contribution in [3.05, 3.63) is 41.2 Å². The third-order valence-electron chi connectivity index (χ3n) is 3.64. The number of ether oxygens (including phenoxy) is 1. The number of aryl methyl sites for hydroxylation is 1. The van der Waals surface area contributed by atoms with E-state index in [9.17, 15) is 0 Å². The summed E-state index contributed by atoms with van der Waals surface area (Å²) in [5.74, 6) is 0.898. The lowest BCUT2D eigenvalue weighted by atomic mass is 10.1. The Bertz CT molecular complexity index is 572. The molecule has 1 heterocycles. The van der Waals surface area contributed by atoms with Crippen LogP contribution in [0, 0.1) is 13.8 Å². The molecule has 0 atom stereocenters. The molecule has 1 N–H and O–H groups in total. The molecule has 0 bridgehead atoms. The first-order valence-electron chi connectivity index (χ1n) is 7.66. The highest BCUT2D eigenvalue weighted by Crippen LogP contribution is 2.20. The molecule has 0 unspecified atom stereocenters. The van der Waals surface area contributed by atoms with Crippen LogP contribution in [0.25, 0.3) is 5.69 Å². The van der Waals surface area contributed by atoms with Crippen molar-refractivity contribution in [2.45, 2.75) is 34.1 Å². The first kappa shape index (κ1) is 15.6. The monoisotopic (exact) mass is 287 g/mol. The maximum absolute atomic E-state index is 5.48. The van der Waals surface area contributed by atoms with Crippen LogP contribution >= 0.6 is 0 Å². The average Bonchev–Trinajstić information content (AvgIpc) is 2.76. The van der Waals surface area contributed by atoms with E-state index in [-0.39, 0.29) is 0 Å². The standard InChI is InChI=1S/C17H25N3O/c1-5-18-12-11-17-13(3)19-20(14(17)4)15-7-9-16(10-8-15)21-6-2/h7-10,18H,5-6,11-12H2,1-4H3. The van der Waals surface area contributed by atoms with Crippen molar-refractivity contribution in [1.82, 2.24) is 15.1 Å². The summed E-state index contributed by atoms with van der Waals surface area (Å²) in [5, 5.41) is 8.05. The molecule has 1 aromatic heterocycles. The first-order valence-corrected chi connectivity index (χ1v) is 7.66. The Morgan fingerprint density at radius 1 is 1.14 bits per heavy atom. The molecular weight excluding hydrogens is 262 g/mol. The lowest BCUT2D eigenvalue weighted by Crippen LogP contribution is -2.16. The molecule has 0 saturated heterocycles. The van der Waals surface area contributed by atoms with Crippen LogP contribution in [-0.2, 0) is 6.42 Å². The third-order valence-corrected chi connectivity index (χ3v) is 3.64. The van der Waals surface area contributed by atoms with Crippen molar-refractivity contribution >= 4 is 0 Å². The quantitative estimate of drug-likeness (QED) is 0.796. The van der Waals surface area contributed by atoms with Gasteiger partial charge in [0.05, 0.1) is 18.0 Å². The normalized spacial score (nSPS) is 10.9. The Labute approximate surface area is 127 Å². The molecule has 0 amide bonds. The predicted molar refractivity (Wildman–Crippen MR) is 86.5 cm³/mol. The van der Waals surface area contributed by atoms with Crippen LogP contribution in [0.3, 0.4) is 0 Å². The van der Waals surface area contributed by atoms with Crippen molar-refractivity contribution < 1.29 is 4.74 Å². The van der Waals surface area contributed by atoms with Gasteiger partial charge in [0.1, 0.15) is 5.75 Å². The Morgan fingerprint density at radius 3 is 2.48 bits per heavy atom. The number of hydrogen-bond acceptors (Lipinski definition) is 3. The van der Waals surface area contributed by atoms with Crippen LogP contribution in [-0.4, -0.2) is 29.5 Å². The van der Waals surface area contributed by atoms with Crippen molar-refractivity contribution in [2.24, 2.45) is 0 Å². The summed E-state index contributed by atoms with van der Waals surface area (Å²) in [6, 6.07) is 8.10. The van der Waals surface area contributed by atoms with Crippen LogP contribution in [0.15, 0.2) is 24.3 Å². The maximum Gasteiger partial charge on any atom is 0.119 e. The summed E-state index contributed by atoms with van der Waals surface area (Å²) < 4.78 is 7.50. The van der Waals surface area contributed by atoms with Gasteiger partial charge >= 0.3 is 0 Å². The van der Waals surface area contributed by atoms with Gasteiger partial charge in [-0.3, -0.25) is 0 Å². The molecule has 0 saturated carbocycles. The molecule has 2 aromatic rings. The lowest BCUT2D eigenvalue weighted by Gasteiger charge is -2.08. The number of likely N-dealkylation sites (N-methyl/N-ethyl adjacent to an activating group) is 1. The Kier molecular flexibility index (Phi) is 5.39. The van der Waals surface area contributed by atoms with Crippen LogP contribution in [0.1, 0.15) is 30.8 Å². The zero-order valence-electron chi connectivity index (χ0n) is 13.4. The number of aromatic nitrogens is 2. The van der Waals surface area contributed by atoms with Crippen LogP contribution in [0.5, 0.6) is 5.75 Å². The fourth-order valence-corrected chi connectivity index (χ4v) is 2.53. The summed E-state index contributed by atoms with van der Waals surface area (Å²) in [4.78, 5) is 0. The molecule has 0 aliphatic rings. The minimum Gasteiger partial charge on any atom is -0.494 e. The second-order valence-corrected chi connectivity index (χ2v) is 5.09. The fourth-order valence-electron chi connectivity index (χ4n) is 2.53. The number of hydrogen-bond donors (Lipinski definition) is 1. The fraction of sp³-hybridized carbons (Fsp3) is 0.471. The second-order valence-electron chi connectivity index (χ2n) is 5.09. The van der Waals surface area contributed by atoms with Crippen LogP contribution < -0.4 is 10.1 Å². The Hall–Kier alpha value is -1.81. The maximum atomic E-state index is 5.48. The summed E-state index contributed by atoms with van der Waals surface area (Å²) in [7, 11) is 0. The van der Waals surface area contributed by atoms with Gasteiger partial charge in [-0.15, -0.1) is 0 Å². The minimum absolute atomic E-state index is 0.688. The summed E-state index contributed by atoms with van der Waals surface area (Å²) in [6.45, 7) is 11.0. The van der Waals surface area contributed by atoms with Crippen LogP contribution in [0.2, 0.25) is 0 Å². The van der Waals surface area contributed by atoms with Gasteiger partial charge in [0.25, 0.3) is 0 Å². The minimum atomic E-state index is 0.688. The third kappa shape index (κ3) is 3.64. The zero-order chi connectivity index (χ0) is 15.2. The van der Waals surface area contributed by atoms with Gasteiger partial charge in [-0.1, -0.05) is 6.92 Å². The molecule has 2 rings (SSSR count). The van der Waals surface area contributed by atoms with E-state index in [0.717, 1.165) is 36.6 Å². The number of benzene rings is 1. The van der Waals surface area contributed by atoms with Crippen molar-refractivity contribution in [3.63, 3.8) is 0 Å². The predicted octanol–water partition coefficient (Wildman–Crippen LogP) is 3.04. The van der Waals surface area contributed by atoms with Gasteiger partial charge in [-0.05, 0) is 70.1 Å². The molecule has 0 fully saturated rings.